The maximum absolute atomic E-state index is 12.6. The average molecular weight is 283 g/mol. The molecular formula is C15H29N3O2. The third kappa shape index (κ3) is 3.71. The van der Waals surface area contributed by atoms with Gasteiger partial charge in [0.05, 0.1) is 6.10 Å². The molecule has 0 bridgehead atoms. The van der Waals surface area contributed by atoms with E-state index in [1.54, 1.807) is 6.92 Å². The van der Waals surface area contributed by atoms with Gasteiger partial charge >= 0.3 is 0 Å². The number of hydrogen-bond acceptors (Lipinski definition) is 4. The van der Waals surface area contributed by atoms with Crippen LogP contribution in [0.4, 0.5) is 0 Å². The molecule has 116 valence electrons. The molecule has 0 aromatic carbocycles. The summed E-state index contributed by atoms with van der Waals surface area (Å²) in [5.74, 6) is 0.0889. The minimum atomic E-state index is -0.632. The lowest BCUT2D eigenvalue weighted by Gasteiger charge is -2.34. The summed E-state index contributed by atoms with van der Waals surface area (Å²) in [5, 5.41) is 13.6. The average Bonchev–Trinajstić information content (AvgIpc) is 3.00. The molecule has 20 heavy (non-hydrogen) atoms. The normalized spacial score (nSPS) is 29.9. The van der Waals surface area contributed by atoms with E-state index in [0.717, 1.165) is 38.9 Å². The fourth-order valence-corrected chi connectivity index (χ4v) is 3.51. The summed E-state index contributed by atoms with van der Waals surface area (Å²) in [4.78, 5) is 16.5. The second kappa shape index (κ2) is 6.87. The van der Waals surface area contributed by atoms with Crippen LogP contribution in [0.15, 0.2) is 0 Å². The number of likely N-dealkylation sites (tertiary alicyclic amines) is 1. The van der Waals surface area contributed by atoms with Crippen molar-refractivity contribution in [1.29, 1.82) is 0 Å². The van der Waals surface area contributed by atoms with Gasteiger partial charge in [0.25, 0.3) is 0 Å². The zero-order valence-corrected chi connectivity index (χ0v) is 13.0. The van der Waals surface area contributed by atoms with Crippen molar-refractivity contribution in [3.05, 3.63) is 0 Å². The highest BCUT2D eigenvalue weighted by molar-refractivity contribution is 5.82. The van der Waals surface area contributed by atoms with Gasteiger partial charge in [-0.25, -0.2) is 0 Å². The molecule has 0 aromatic rings. The molecule has 1 amide bonds. The monoisotopic (exact) mass is 283 g/mol. The summed E-state index contributed by atoms with van der Waals surface area (Å²) in [6.07, 6.45) is 3.88. The minimum absolute atomic E-state index is 0.0889. The van der Waals surface area contributed by atoms with E-state index in [-0.39, 0.29) is 5.91 Å². The molecule has 0 aliphatic carbocycles. The zero-order chi connectivity index (χ0) is 14.7. The van der Waals surface area contributed by atoms with E-state index >= 15 is 0 Å². The number of aliphatic hydroxyl groups is 1. The van der Waals surface area contributed by atoms with Gasteiger partial charge < -0.3 is 15.3 Å². The van der Waals surface area contributed by atoms with Crippen LogP contribution in [-0.2, 0) is 4.79 Å². The molecule has 2 unspecified atom stereocenters. The predicted molar refractivity (Wildman–Crippen MR) is 79.5 cm³/mol. The highest BCUT2D eigenvalue weighted by Crippen LogP contribution is 2.17. The zero-order valence-electron chi connectivity index (χ0n) is 13.0. The number of nitrogens with zero attached hydrogens (tertiary/aromatic N) is 2. The minimum Gasteiger partial charge on any atom is -0.391 e. The Morgan fingerprint density at radius 2 is 2.05 bits per heavy atom. The molecule has 2 fully saturated rings. The van der Waals surface area contributed by atoms with Gasteiger partial charge in [0.2, 0.25) is 5.91 Å². The lowest BCUT2D eigenvalue weighted by atomic mass is 10.1. The highest BCUT2D eigenvalue weighted by atomic mass is 16.3. The Kier molecular flexibility index (Phi) is 5.41. The van der Waals surface area contributed by atoms with Crippen LogP contribution in [-0.4, -0.2) is 71.7 Å². The Balaban J connectivity index is 1.94. The number of likely N-dealkylation sites (N-methyl/N-ethyl adjacent to an activating group) is 1. The van der Waals surface area contributed by atoms with E-state index in [4.69, 9.17) is 0 Å². The first-order valence-electron chi connectivity index (χ1n) is 7.92. The molecule has 2 aliphatic heterocycles. The van der Waals surface area contributed by atoms with Crippen LogP contribution < -0.4 is 5.32 Å². The SMILES string of the molecule is CC1CCC(CN(C)[C@H](C(=O)N2CCCC2)[C@@H](C)O)N1. The summed E-state index contributed by atoms with van der Waals surface area (Å²) in [7, 11) is 1.95. The van der Waals surface area contributed by atoms with Crippen LogP contribution in [0.2, 0.25) is 0 Å². The number of hydrogen-bond donors (Lipinski definition) is 2. The molecule has 0 saturated carbocycles. The number of carbonyl (C=O) groups is 1. The van der Waals surface area contributed by atoms with Crippen molar-refractivity contribution in [2.75, 3.05) is 26.7 Å². The summed E-state index contributed by atoms with van der Waals surface area (Å²) in [6.45, 7) is 6.42. The fraction of sp³-hybridized carbons (Fsp3) is 0.933. The third-order valence-electron chi connectivity index (χ3n) is 4.58. The van der Waals surface area contributed by atoms with Gasteiger partial charge in [0, 0.05) is 31.7 Å². The van der Waals surface area contributed by atoms with E-state index in [9.17, 15) is 9.90 Å². The Bertz CT molecular complexity index is 329. The summed E-state index contributed by atoms with van der Waals surface area (Å²) < 4.78 is 0. The Hall–Kier alpha value is -0.650. The van der Waals surface area contributed by atoms with Crippen LogP contribution in [0.5, 0.6) is 0 Å². The molecule has 4 atom stereocenters. The topological polar surface area (TPSA) is 55.8 Å². The molecule has 0 radical (unpaired) electrons. The highest BCUT2D eigenvalue weighted by Gasteiger charge is 2.34. The van der Waals surface area contributed by atoms with Crippen molar-refractivity contribution in [3.8, 4) is 0 Å². The molecule has 0 spiro atoms. The standard InChI is InChI=1S/C15H29N3O2/c1-11-6-7-13(16-11)10-17(3)14(12(2)19)15(20)18-8-4-5-9-18/h11-14,16,19H,4-10H2,1-3H3/t11?,12-,13?,14+/m1/s1. The van der Waals surface area contributed by atoms with Crippen molar-refractivity contribution < 1.29 is 9.90 Å². The molecule has 2 aliphatic rings. The first kappa shape index (κ1) is 15.7. The van der Waals surface area contributed by atoms with E-state index < -0.39 is 12.1 Å². The number of rotatable bonds is 5. The number of amides is 1. The first-order chi connectivity index (χ1) is 9.49. The largest absolute Gasteiger partial charge is 0.391 e. The summed E-state index contributed by atoms with van der Waals surface area (Å²) in [5.41, 5.74) is 0. The van der Waals surface area contributed by atoms with E-state index in [1.165, 1.54) is 6.42 Å². The molecule has 5 heteroatoms. The Labute approximate surface area is 122 Å². The Morgan fingerprint density at radius 3 is 2.55 bits per heavy atom. The van der Waals surface area contributed by atoms with Crippen LogP contribution in [0.25, 0.3) is 0 Å². The van der Waals surface area contributed by atoms with E-state index in [0.29, 0.717) is 12.1 Å². The third-order valence-corrected chi connectivity index (χ3v) is 4.58. The molecule has 2 saturated heterocycles. The van der Waals surface area contributed by atoms with Crippen LogP contribution in [0.3, 0.4) is 0 Å². The molecule has 5 nitrogen and oxygen atoms in total. The lowest BCUT2D eigenvalue weighted by molar-refractivity contribution is -0.139. The van der Waals surface area contributed by atoms with Crippen molar-refractivity contribution in [2.45, 2.75) is 63.8 Å². The van der Waals surface area contributed by atoms with Gasteiger partial charge in [0.15, 0.2) is 0 Å². The van der Waals surface area contributed by atoms with Crippen LogP contribution >= 0.6 is 0 Å². The molecule has 2 rings (SSSR count). The van der Waals surface area contributed by atoms with E-state index in [2.05, 4.69) is 12.2 Å². The van der Waals surface area contributed by atoms with Gasteiger partial charge in [-0.15, -0.1) is 0 Å². The number of carbonyl (C=O) groups excluding carboxylic acids is 1. The quantitative estimate of drug-likeness (QED) is 0.768. The Morgan fingerprint density at radius 1 is 1.40 bits per heavy atom. The van der Waals surface area contributed by atoms with Gasteiger partial charge in [-0.1, -0.05) is 0 Å². The molecule has 2 heterocycles. The second-order valence-corrected chi connectivity index (χ2v) is 6.50. The van der Waals surface area contributed by atoms with Crippen LogP contribution in [0, 0.1) is 0 Å². The van der Waals surface area contributed by atoms with Gasteiger partial charge in [0.1, 0.15) is 6.04 Å². The fourth-order valence-electron chi connectivity index (χ4n) is 3.51. The maximum Gasteiger partial charge on any atom is 0.242 e. The molecule has 2 N–H and O–H groups in total. The summed E-state index contributed by atoms with van der Waals surface area (Å²) in [6, 6.07) is 0.584. The van der Waals surface area contributed by atoms with Crippen molar-refractivity contribution in [1.82, 2.24) is 15.1 Å². The number of aliphatic hydroxyl groups excluding tert-OH is 1. The summed E-state index contributed by atoms with van der Waals surface area (Å²) >= 11 is 0. The van der Waals surface area contributed by atoms with Crippen molar-refractivity contribution in [3.63, 3.8) is 0 Å². The molecular weight excluding hydrogens is 254 g/mol. The van der Waals surface area contributed by atoms with Gasteiger partial charge in [-0.05, 0) is 46.6 Å². The van der Waals surface area contributed by atoms with Gasteiger partial charge in [-0.3, -0.25) is 9.69 Å². The van der Waals surface area contributed by atoms with Crippen LogP contribution in [0.1, 0.15) is 39.5 Å². The van der Waals surface area contributed by atoms with Crippen molar-refractivity contribution >= 4 is 5.91 Å². The predicted octanol–water partition coefficient (Wildman–Crippen LogP) is 0.431. The van der Waals surface area contributed by atoms with Gasteiger partial charge in [-0.2, -0.15) is 0 Å². The van der Waals surface area contributed by atoms with E-state index in [1.807, 2.05) is 16.8 Å². The second-order valence-electron chi connectivity index (χ2n) is 6.50. The maximum atomic E-state index is 12.6. The smallest absolute Gasteiger partial charge is 0.242 e. The number of nitrogens with one attached hydrogen (secondary N) is 1. The molecule has 0 aromatic heterocycles. The lowest BCUT2D eigenvalue weighted by Crippen LogP contribution is -2.54. The first-order valence-corrected chi connectivity index (χ1v) is 7.92. The van der Waals surface area contributed by atoms with Crippen molar-refractivity contribution in [2.24, 2.45) is 0 Å².